The molecule has 0 saturated heterocycles. The number of nitrogens with zero attached hydrogens (tertiary/aromatic N) is 2. The summed E-state index contributed by atoms with van der Waals surface area (Å²) >= 11 is 0. The average molecular weight is 452 g/mol. The maximum Gasteiger partial charge on any atom is 0.157 e. The van der Waals surface area contributed by atoms with Gasteiger partial charge in [0.05, 0.1) is 17.6 Å². The SMILES string of the molecule is COCC1CCC2C(CCC3C2CCC2(C)C(C(=O)Cn4ncc5c4C=CCN5)CCC32)C1. The van der Waals surface area contributed by atoms with Gasteiger partial charge in [-0.15, -0.1) is 0 Å². The van der Waals surface area contributed by atoms with Crippen molar-refractivity contribution >= 4 is 17.5 Å². The lowest BCUT2D eigenvalue weighted by Gasteiger charge is -2.56. The van der Waals surface area contributed by atoms with Crippen LogP contribution in [0.4, 0.5) is 5.69 Å². The second kappa shape index (κ2) is 8.55. The molecule has 4 aliphatic carbocycles. The molecule has 1 aliphatic heterocycles. The molecule has 8 unspecified atom stereocenters. The molecule has 0 amide bonds. The predicted molar refractivity (Wildman–Crippen MR) is 131 cm³/mol. The van der Waals surface area contributed by atoms with Gasteiger partial charge in [-0.3, -0.25) is 9.48 Å². The number of aromatic nitrogens is 2. The van der Waals surface area contributed by atoms with Crippen LogP contribution in [-0.4, -0.2) is 35.8 Å². The van der Waals surface area contributed by atoms with Crippen molar-refractivity contribution in [3.8, 4) is 0 Å². The van der Waals surface area contributed by atoms with E-state index < -0.39 is 0 Å². The Morgan fingerprint density at radius 1 is 1.15 bits per heavy atom. The molecule has 180 valence electrons. The number of ketones is 1. The van der Waals surface area contributed by atoms with Crippen molar-refractivity contribution < 1.29 is 9.53 Å². The molecule has 33 heavy (non-hydrogen) atoms. The van der Waals surface area contributed by atoms with Crippen LogP contribution in [0.15, 0.2) is 12.3 Å². The normalized spacial score (nSPS) is 41.5. The zero-order chi connectivity index (χ0) is 22.6. The molecular formula is C28H41N3O2. The van der Waals surface area contributed by atoms with Gasteiger partial charge < -0.3 is 10.1 Å². The minimum Gasteiger partial charge on any atom is -0.384 e. The lowest BCUT2D eigenvalue weighted by molar-refractivity contribution is -0.131. The maximum atomic E-state index is 13.6. The third-order valence-electron chi connectivity index (χ3n) is 10.7. The third kappa shape index (κ3) is 3.61. The summed E-state index contributed by atoms with van der Waals surface area (Å²) in [6, 6.07) is 0. The summed E-state index contributed by atoms with van der Waals surface area (Å²) in [5.41, 5.74) is 2.30. The van der Waals surface area contributed by atoms with Gasteiger partial charge >= 0.3 is 0 Å². The van der Waals surface area contributed by atoms with Crippen LogP contribution >= 0.6 is 0 Å². The Balaban J connectivity index is 1.15. The number of hydrogen-bond acceptors (Lipinski definition) is 4. The van der Waals surface area contributed by atoms with Gasteiger partial charge in [0.1, 0.15) is 6.54 Å². The summed E-state index contributed by atoms with van der Waals surface area (Å²) in [5.74, 6) is 5.78. The van der Waals surface area contributed by atoms with Crippen LogP contribution in [0.5, 0.6) is 0 Å². The highest BCUT2D eigenvalue weighted by Gasteiger charge is 2.58. The summed E-state index contributed by atoms with van der Waals surface area (Å²) in [6.07, 6.45) is 18.0. The number of rotatable bonds is 5. The fourth-order valence-electron chi connectivity index (χ4n) is 9.30. The van der Waals surface area contributed by atoms with E-state index in [0.717, 1.165) is 66.5 Å². The molecule has 1 aromatic rings. The van der Waals surface area contributed by atoms with Crippen molar-refractivity contribution in [2.45, 2.75) is 71.3 Å². The van der Waals surface area contributed by atoms with Crippen molar-refractivity contribution in [3.05, 3.63) is 18.0 Å². The van der Waals surface area contributed by atoms with E-state index in [1.807, 2.05) is 18.0 Å². The molecule has 0 spiro atoms. The smallest absolute Gasteiger partial charge is 0.157 e. The first-order chi connectivity index (χ1) is 16.1. The Bertz CT molecular complexity index is 922. The molecule has 1 aromatic heterocycles. The van der Waals surface area contributed by atoms with Gasteiger partial charge in [-0.2, -0.15) is 5.10 Å². The van der Waals surface area contributed by atoms with E-state index >= 15 is 0 Å². The zero-order valence-electron chi connectivity index (χ0n) is 20.5. The number of carbonyl (C=O) groups is 1. The number of carbonyl (C=O) groups excluding carboxylic acids is 1. The summed E-state index contributed by atoms with van der Waals surface area (Å²) in [5, 5.41) is 7.89. The van der Waals surface area contributed by atoms with Crippen LogP contribution < -0.4 is 5.32 Å². The Labute approximate surface area is 198 Å². The zero-order valence-corrected chi connectivity index (χ0v) is 20.5. The fourth-order valence-corrected chi connectivity index (χ4v) is 9.30. The molecule has 0 radical (unpaired) electrons. The van der Waals surface area contributed by atoms with E-state index in [2.05, 4.69) is 29.5 Å². The molecule has 1 N–H and O–H groups in total. The monoisotopic (exact) mass is 451 g/mol. The quantitative estimate of drug-likeness (QED) is 0.649. The second-order valence-corrected chi connectivity index (χ2v) is 12.1. The van der Waals surface area contributed by atoms with Crippen LogP contribution in [0.1, 0.15) is 70.4 Å². The Hall–Kier alpha value is -1.62. The minimum absolute atomic E-state index is 0.194. The Kier molecular flexibility index (Phi) is 5.67. The highest BCUT2D eigenvalue weighted by atomic mass is 16.5. The van der Waals surface area contributed by atoms with Gasteiger partial charge in [-0.05, 0) is 105 Å². The number of anilines is 1. The number of ether oxygens (including phenoxy) is 1. The summed E-state index contributed by atoms with van der Waals surface area (Å²) < 4.78 is 7.42. The molecule has 5 aliphatic rings. The Morgan fingerprint density at radius 3 is 2.91 bits per heavy atom. The van der Waals surface area contributed by atoms with E-state index in [4.69, 9.17) is 4.74 Å². The molecule has 6 rings (SSSR count). The van der Waals surface area contributed by atoms with Crippen LogP contribution in [-0.2, 0) is 16.1 Å². The van der Waals surface area contributed by atoms with Crippen LogP contribution in [0.3, 0.4) is 0 Å². The van der Waals surface area contributed by atoms with Crippen molar-refractivity contribution in [2.24, 2.45) is 46.8 Å². The average Bonchev–Trinajstić information content (AvgIpc) is 3.39. The van der Waals surface area contributed by atoms with Gasteiger partial charge in [-0.1, -0.05) is 13.0 Å². The van der Waals surface area contributed by atoms with Crippen LogP contribution in [0, 0.1) is 46.8 Å². The summed E-state index contributed by atoms with van der Waals surface area (Å²) in [7, 11) is 1.86. The number of methoxy groups -OCH3 is 1. The van der Waals surface area contributed by atoms with Crippen molar-refractivity contribution in [1.82, 2.24) is 9.78 Å². The number of nitrogens with one attached hydrogen (secondary N) is 1. The van der Waals surface area contributed by atoms with Crippen molar-refractivity contribution in [3.63, 3.8) is 0 Å². The van der Waals surface area contributed by atoms with Gasteiger partial charge in [0, 0.05) is 26.2 Å². The Morgan fingerprint density at radius 2 is 2.03 bits per heavy atom. The molecule has 2 heterocycles. The van der Waals surface area contributed by atoms with Crippen molar-refractivity contribution in [1.29, 1.82) is 0 Å². The van der Waals surface area contributed by atoms with Gasteiger partial charge in [0.25, 0.3) is 0 Å². The molecule has 0 aromatic carbocycles. The standard InChI is InChI=1S/C28H41N3O2/c1-28-12-11-21-20-7-5-18(17-33-2)14-19(20)6-8-22(21)23(28)9-10-24(28)27(32)16-31-26-4-3-13-29-25(26)15-30-31/h3-4,15,18-24,29H,5-14,16-17H2,1-2H3. The van der Waals surface area contributed by atoms with Crippen LogP contribution in [0.25, 0.3) is 6.08 Å². The highest BCUT2D eigenvalue weighted by Crippen LogP contribution is 2.64. The van der Waals surface area contributed by atoms with Gasteiger partial charge in [0.2, 0.25) is 0 Å². The molecule has 5 nitrogen and oxygen atoms in total. The first kappa shape index (κ1) is 21.9. The first-order valence-corrected chi connectivity index (χ1v) is 13.6. The molecule has 8 atom stereocenters. The first-order valence-electron chi connectivity index (χ1n) is 13.6. The summed E-state index contributed by atoms with van der Waals surface area (Å²) in [6.45, 7) is 4.69. The molecular weight excluding hydrogens is 410 g/mol. The number of fused-ring (bicyclic) bond motifs is 6. The highest BCUT2D eigenvalue weighted by molar-refractivity contribution is 5.82. The lowest BCUT2D eigenvalue weighted by Crippen LogP contribution is -2.49. The largest absolute Gasteiger partial charge is 0.384 e. The van der Waals surface area contributed by atoms with E-state index in [-0.39, 0.29) is 11.3 Å². The van der Waals surface area contributed by atoms with Crippen molar-refractivity contribution in [2.75, 3.05) is 25.6 Å². The second-order valence-electron chi connectivity index (χ2n) is 12.1. The molecule has 0 bridgehead atoms. The third-order valence-corrected chi connectivity index (χ3v) is 10.7. The number of hydrogen-bond donors (Lipinski definition) is 1. The van der Waals surface area contributed by atoms with E-state index in [9.17, 15) is 4.79 Å². The fraction of sp³-hybridized carbons (Fsp3) is 0.786. The van der Waals surface area contributed by atoms with E-state index in [0.29, 0.717) is 12.3 Å². The van der Waals surface area contributed by atoms with Gasteiger partial charge in [0.15, 0.2) is 5.78 Å². The van der Waals surface area contributed by atoms with E-state index in [1.54, 1.807) is 0 Å². The van der Waals surface area contributed by atoms with Crippen LogP contribution in [0.2, 0.25) is 0 Å². The lowest BCUT2D eigenvalue weighted by atomic mass is 9.49. The molecule has 4 fully saturated rings. The molecule has 5 heteroatoms. The topological polar surface area (TPSA) is 56.2 Å². The van der Waals surface area contributed by atoms with Gasteiger partial charge in [-0.25, -0.2) is 0 Å². The minimum atomic E-state index is 0.194. The molecule has 4 saturated carbocycles. The number of Topliss-reactive ketones (excluding diaryl/α,β-unsaturated/α-hetero) is 1. The summed E-state index contributed by atoms with van der Waals surface area (Å²) in [4.78, 5) is 13.6. The predicted octanol–water partition coefficient (Wildman–Crippen LogP) is 5.42. The van der Waals surface area contributed by atoms with E-state index in [1.165, 1.54) is 51.4 Å². The maximum absolute atomic E-state index is 13.6.